The monoisotopic (exact) mass is 184 g/mol. The molecule has 1 rings (SSSR count). The quantitative estimate of drug-likeness (QED) is 0.628. The van der Waals surface area contributed by atoms with Gasteiger partial charge in [0.05, 0.1) is 12.7 Å². The van der Waals surface area contributed by atoms with Crippen molar-refractivity contribution >= 4 is 0 Å². The summed E-state index contributed by atoms with van der Waals surface area (Å²) in [5.74, 6) is -0.497. The molecule has 3 atom stereocenters. The summed E-state index contributed by atoms with van der Waals surface area (Å²) in [6.45, 7) is 12.8. The molecule has 0 bridgehead atoms. The standard InChI is InChI=1S/C11H20O2/c1-6-10(4,7-2)11(5)12-8-9(3)13-11/h6,9H,1,7-8H2,2-5H3. The maximum atomic E-state index is 5.80. The Bertz CT molecular complexity index is 202. The predicted molar refractivity (Wildman–Crippen MR) is 53.5 cm³/mol. The van der Waals surface area contributed by atoms with E-state index in [0.29, 0.717) is 6.61 Å². The second kappa shape index (κ2) is 3.43. The van der Waals surface area contributed by atoms with Crippen LogP contribution in [0.5, 0.6) is 0 Å². The van der Waals surface area contributed by atoms with Crippen molar-refractivity contribution in [2.24, 2.45) is 5.41 Å². The molecule has 0 spiro atoms. The van der Waals surface area contributed by atoms with Crippen LogP contribution in [0, 0.1) is 5.41 Å². The number of rotatable bonds is 3. The van der Waals surface area contributed by atoms with E-state index in [1.807, 2.05) is 19.9 Å². The Labute approximate surface area is 80.9 Å². The summed E-state index contributed by atoms with van der Waals surface area (Å²) in [5.41, 5.74) is -0.0994. The smallest absolute Gasteiger partial charge is 0.174 e. The highest BCUT2D eigenvalue weighted by Crippen LogP contribution is 2.43. The molecule has 0 saturated carbocycles. The van der Waals surface area contributed by atoms with Crippen molar-refractivity contribution in [1.82, 2.24) is 0 Å². The van der Waals surface area contributed by atoms with Crippen LogP contribution in [0.3, 0.4) is 0 Å². The highest BCUT2D eigenvalue weighted by Gasteiger charge is 2.48. The van der Waals surface area contributed by atoms with Crippen LogP contribution in [0.15, 0.2) is 12.7 Å². The molecule has 1 fully saturated rings. The van der Waals surface area contributed by atoms with Crippen molar-refractivity contribution in [2.45, 2.75) is 46.0 Å². The fourth-order valence-electron chi connectivity index (χ4n) is 1.68. The van der Waals surface area contributed by atoms with E-state index in [9.17, 15) is 0 Å². The second-order valence-corrected chi connectivity index (χ2v) is 4.16. The van der Waals surface area contributed by atoms with Crippen LogP contribution < -0.4 is 0 Å². The van der Waals surface area contributed by atoms with E-state index in [2.05, 4.69) is 20.4 Å². The van der Waals surface area contributed by atoms with Crippen LogP contribution in [0.2, 0.25) is 0 Å². The molecule has 76 valence electrons. The lowest BCUT2D eigenvalue weighted by molar-refractivity contribution is -0.212. The Hall–Kier alpha value is -0.340. The minimum atomic E-state index is -0.497. The Morgan fingerprint density at radius 2 is 2.31 bits per heavy atom. The Balaban J connectivity index is 2.84. The van der Waals surface area contributed by atoms with Crippen molar-refractivity contribution in [3.05, 3.63) is 12.7 Å². The van der Waals surface area contributed by atoms with Gasteiger partial charge in [-0.2, -0.15) is 0 Å². The molecule has 1 aliphatic rings. The first-order valence-corrected chi connectivity index (χ1v) is 4.93. The van der Waals surface area contributed by atoms with Gasteiger partial charge in [0, 0.05) is 5.41 Å². The van der Waals surface area contributed by atoms with E-state index in [-0.39, 0.29) is 11.5 Å². The summed E-state index contributed by atoms with van der Waals surface area (Å²) < 4.78 is 11.5. The molecule has 1 aliphatic heterocycles. The minimum Gasteiger partial charge on any atom is -0.347 e. The average Bonchev–Trinajstić information content (AvgIpc) is 2.46. The Morgan fingerprint density at radius 1 is 1.69 bits per heavy atom. The highest BCUT2D eigenvalue weighted by atomic mass is 16.7. The minimum absolute atomic E-state index is 0.0994. The van der Waals surface area contributed by atoms with E-state index in [1.165, 1.54) is 0 Å². The van der Waals surface area contributed by atoms with Crippen LogP contribution in [-0.2, 0) is 9.47 Å². The van der Waals surface area contributed by atoms with E-state index >= 15 is 0 Å². The van der Waals surface area contributed by atoms with Crippen molar-refractivity contribution in [1.29, 1.82) is 0 Å². The molecule has 0 radical (unpaired) electrons. The third kappa shape index (κ3) is 1.65. The van der Waals surface area contributed by atoms with Gasteiger partial charge in [-0.3, -0.25) is 0 Å². The molecule has 2 nitrogen and oxygen atoms in total. The summed E-state index contributed by atoms with van der Waals surface area (Å²) in [4.78, 5) is 0. The lowest BCUT2D eigenvalue weighted by Crippen LogP contribution is -2.43. The predicted octanol–water partition coefficient (Wildman–Crippen LogP) is 2.74. The van der Waals surface area contributed by atoms with Gasteiger partial charge in [-0.15, -0.1) is 6.58 Å². The summed E-state index contributed by atoms with van der Waals surface area (Å²) >= 11 is 0. The zero-order valence-electron chi connectivity index (χ0n) is 9.09. The maximum Gasteiger partial charge on any atom is 0.174 e. The maximum absolute atomic E-state index is 5.80. The lowest BCUT2D eigenvalue weighted by atomic mass is 9.79. The van der Waals surface area contributed by atoms with E-state index in [0.717, 1.165) is 6.42 Å². The van der Waals surface area contributed by atoms with Crippen LogP contribution in [0.4, 0.5) is 0 Å². The topological polar surface area (TPSA) is 18.5 Å². The van der Waals surface area contributed by atoms with Crippen molar-refractivity contribution in [2.75, 3.05) is 6.61 Å². The molecule has 0 aromatic heterocycles. The van der Waals surface area contributed by atoms with Gasteiger partial charge in [0.25, 0.3) is 0 Å². The van der Waals surface area contributed by atoms with Crippen molar-refractivity contribution < 1.29 is 9.47 Å². The molecule has 0 N–H and O–H groups in total. The Morgan fingerprint density at radius 3 is 2.62 bits per heavy atom. The van der Waals surface area contributed by atoms with Crippen molar-refractivity contribution in [3.63, 3.8) is 0 Å². The average molecular weight is 184 g/mol. The van der Waals surface area contributed by atoms with Gasteiger partial charge in [0.2, 0.25) is 0 Å². The van der Waals surface area contributed by atoms with Gasteiger partial charge in [0.15, 0.2) is 5.79 Å². The molecular formula is C11H20O2. The van der Waals surface area contributed by atoms with Gasteiger partial charge >= 0.3 is 0 Å². The molecule has 0 aliphatic carbocycles. The SMILES string of the molecule is C=CC(C)(CC)C1(C)OCC(C)O1. The third-order valence-electron chi connectivity index (χ3n) is 3.24. The molecule has 2 heteroatoms. The van der Waals surface area contributed by atoms with E-state index in [4.69, 9.17) is 9.47 Å². The molecule has 13 heavy (non-hydrogen) atoms. The number of hydrogen-bond donors (Lipinski definition) is 0. The van der Waals surface area contributed by atoms with Gasteiger partial charge in [-0.1, -0.05) is 19.9 Å². The molecule has 3 unspecified atom stereocenters. The van der Waals surface area contributed by atoms with Crippen LogP contribution >= 0.6 is 0 Å². The Kier molecular flexibility index (Phi) is 2.83. The molecule has 1 heterocycles. The van der Waals surface area contributed by atoms with Gasteiger partial charge < -0.3 is 9.47 Å². The van der Waals surface area contributed by atoms with Gasteiger partial charge in [-0.05, 0) is 20.3 Å². The van der Waals surface area contributed by atoms with Gasteiger partial charge in [0.1, 0.15) is 0 Å². The summed E-state index contributed by atoms with van der Waals surface area (Å²) in [7, 11) is 0. The number of ether oxygens (including phenoxy) is 2. The summed E-state index contributed by atoms with van der Waals surface area (Å²) in [6, 6.07) is 0. The van der Waals surface area contributed by atoms with Crippen LogP contribution in [0.1, 0.15) is 34.1 Å². The van der Waals surface area contributed by atoms with Crippen LogP contribution in [0.25, 0.3) is 0 Å². The first-order valence-electron chi connectivity index (χ1n) is 4.93. The summed E-state index contributed by atoms with van der Waals surface area (Å²) in [5, 5.41) is 0. The zero-order valence-corrected chi connectivity index (χ0v) is 9.09. The molecule has 1 saturated heterocycles. The number of hydrogen-bond acceptors (Lipinski definition) is 2. The summed E-state index contributed by atoms with van der Waals surface area (Å²) in [6.07, 6.45) is 3.10. The van der Waals surface area contributed by atoms with E-state index in [1.54, 1.807) is 0 Å². The third-order valence-corrected chi connectivity index (χ3v) is 3.24. The van der Waals surface area contributed by atoms with Crippen molar-refractivity contribution in [3.8, 4) is 0 Å². The molecule has 0 aromatic rings. The molecular weight excluding hydrogens is 164 g/mol. The van der Waals surface area contributed by atoms with E-state index < -0.39 is 5.79 Å². The van der Waals surface area contributed by atoms with Crippen LogP contribution in [-0.4, -0.2) is 18.5 Å². The zero-order chi connectivity index (χ0) is 10.1. The lowest BCUT2D eigenvalue weighted by Gasteiger charge is -2.39. The largest absolute Gasteiger partial charge is 0.347 e. The van der Waals surface area contributed by atoms with Gasteiger partial charge in [-0.25, -0.2) is 0 Å². The first kappa shape index (κ1) is 10.7. The molecule has 0 aromatic carbocycles. The fourth-order valence-corrected chi connectivity index (χ4v) is 1.68. The second-order valence-electron chi connectivity index (χ2n) is 4.16. The fraction of sp³-hybridized carbons (Fsp3) is 0.818. The first-order chi connectivity index (χ1) is 5.97. The normalized spacial score (nSPS) is 38.6. The molecule has 0 amide bonds. The highest BCUT2D eigenvalue weighted by molar-refractivity contribution is 5.01.